The number of aromatic nitrogens is 1. The van der Waals surface area contributed by atoms with Crippen LogP contribution in [0.15, 0.2) is 53.6 Å². The molecule has 0 aliphatic carbocycles. The first kappa shape index (κ1) is 20.9. The van der Waals surface area contributed by atoms with E-state index < -0.39 is 10.0 Å². The Hall–Kier alpha value is -2.39. The van der Waals surface area contributed by atoms with Gasteiger partial charge in [0.05, 0.1) is 23.6 Å². The fraction of sp³-hybridized carbons (Fsp3) is 0.286. The molecule has 0 amide bonds. The number of aromatic amines is 1. The molecule has 158 valence electrons. The summed E-state index contributed by atoms with van der Waals surface area (Å²) < 4.78 is 32.4. The Kier molecular flexibility index (Phi) is 5.84. The Morgan fingerprint density at radius 1 is 1.13 bits per heavy atom. The Balaban J connectivity index is 1.41. The third-order valence-electron chi connectivity index (χ3n) is 5.35. The highest BCUT2D eigenvalue weighted by Gasteiger charge is 2.30. The molecule has 0 spiro atoms. The number of rotatable bonds is 6. The number of nitrogens with one attached hydrogen (secondary N) is 1. The number of sulfonamides is 1. The number of methoxy groups -OCH3 is 1. The molecular weight excluding hydrogens is 426 g/mol. The van der Waals surface area contributed by atoms with Crippen LogP contribution in [-0.2, 0) is 10.0 Å². The van der Waals surface area contributed by atoms with Crippen molar-refractivity contribution in [2.75, 3.05) is 39.8 Å². The molecular formula is C21H22ClN3O4S. The van der Waals surface area contributed by atoms with Crippen LogP contribution in [0, 0.1) is 0 Å². The number of hydrogen-bond donors (Lipinski definition) is 1. The van der Waals surface area contributed by atoms with E-state index in [0.29, 0.717) is 37.5 Å². The van der Waals surface area contributed by atoms with E-state index in [4.69, 9.17) is 16.3 Å². The number of Topliss-reactive ketones (excluding diaryl/α,β-unsaturated/α-hetero) is 1. The average Bonchev–Trinajstić information content (AvgIpc) is 3.18. The number of halogens is 1. The summed E-state index contributed by atoms with van der Waals surface area (Å²) in [5, 5.41) is 1.15. The lowest BCUT2D eigenvalue weighted by atomic mass is 10.1. The van der Waals surface area contributed by atoms with Gasteiger partial charge in [-0.05, 0) is 24.3 Å². The summed E-state index contributed by atoms with van der Waals surface area (Å²) in [5.41, 5.74) is 1.59. The lowest BCUT2D eigenvalue weighted by Gasteiger charge is -2.33. The Bertz CT molecular complexity index is 1180. The Labute approximate surface area is 180 Å². The zero-order valence-corrected chi connectivity index (χ0v) is 18.0. The normalized spacial score (nSPS) is 16.1. The molecule has 0 bridgehead atoms. The molecule has 0 radical (unpaired) electrons. The molecule has 4 rings (SSSR count). The highest BCUT2D eigenvalue weighted by Crippen LogP contribution is 2.28. The van der Waals surface area contributed by atoms with E-state index in [1.165, 1.54) is 23.5 Å². The Morgan fingerprint density at radius 3 is 2.57 bits per heavy atom. The van der Waals surface area contributed by atoms with Crippen LogP contribution < -0.4 is 4.74 Å². The van der Waals surface area contributed by atoms with Crippen molar-refractivity contribution < 1.29 is 17.9 Å². The largest absolute Gasteiger partial charge is 0.495 e. The van der Waals surface area contributed by atoms with Gasteiger partial charge in [0, 0.05) is 48.8 Å². The van der Waals surface area contributed by atoms with Gasteiger partial charge in [-0.3, -0.25) is 9.69 Å². The summed E-state index contributed by atoms with van der Waals surface area (Å²) in [6, 6.07) is 12.1. The van der Waals surface area contributed by atoms with E-state index in [1.54, 1.807) is 12.3 Å². The standard InChI is InChI=1S/C21H22ClN3O4S/c1-29-21-7-6-15(12-18(21)22)30(27,28)25-10-8-24(9-11-25)14-20(26)17-13-23-19-5-3-2-4-16(17)19/h2-7,12-13,23H,8-11,14H2,1H3. The molecule has 7 nitrogen and oxygen atoms in total. The second-order valence-corrected chi connectivity index (χ2v) is 9.49. The monoisotopic (exact) mass is 447 g/mol. The lowest BCUT2D eigenvalue weighted by molar-refractivity contribution is 0.0903. The number of hydrogen-bond acceptors (Lipinski definition) is 5. The van der Waals surface area contributed by atoms with E-state index in [1.807, 2.05) is 29.2 Å². The van der Waals surface area contributed by atoms with Crippen LogP contribution >= 0.6 is 11.6 Å². The molecule has 1 aliphatic rings. The molecule has 0 atom stereocenters. The van der Waals surface area contributed by atoms with Crippen molar-refractivity contribution in [2.24, 2.45) is 0 Å². The number of fused-ring (bicyclic) bond motifs is 1. The Morgan fingerprint density at radius 2 is 1.87 bits per heavy atom. The zero-order chi connectivity index (χ0) is 21.3. The first-order valence-electron chi connectivity index (χ1n) is 9.55. The van der Waals surface area contributed by atoms with Crippen LogP contribution in [0.1, 0.15) is 10.4 Å². The molecule has 0 unspecified atom stereocenters. The van der Waals surface area contributed by atoms with Crippen LogP contribution in [0.4, 0.5) is 0 Å². The predicted octanol–water partition coefficient (Wildman–Crippen LogP) is 3.02. The van der Waals surface area contributed by atoms with Crippen molar-refractivity contribution in [3.8, 4) is 5.75 Å². The minimum atomic E-state index is -3.66. The fourth-order valence-corrected chi connectivity index (χ4v) is 5.45. The number of piperazine rings is 1. The molecule has 30 heavy (non-hydrogen) atoms. The molecule has 3 aromatic rings. The summed E-state index contributed by atoms with van der Waals surface area (Å²) in [6.45, 7) is 1.85. The molecule has 2 heterocycles. The van der Waals surface area contributed by atoms with Gasteiger partial charge in [-0.15, -0.1) is 0 Å². The average molecular weight is 448 g/mol. The minimum Gasteiger partial charge on any atom is -0.495 e. The summed E-state index contributed by atoms with van der Waals surface area (Å²) >= 11 is 6.09. The number of ketones is 1. The lowest BCUT2D eigenvalue weighted by Crippen LogP contribution is -2.49. The molecule has 1 saturated heterocycles. The van der Waals surface area contributed by atoms with Crippen LogP contribution in [0.2, 0.25) is 5.02 Å². The SMILES string of the molecule is COc1ccc(S(=O)(=O)N2CCN(CC(=O)c3c[nH]c4ccccc34)CC2)cc1Cl. The van der Waals surface area contributed by atoms with Crippen molar-refractivity contribution >= 4 is 38.3 Å². The highest BCUT2D eigenvalue weighted by atomic mass is 35.5. The van der Waals surface area contributed by atoms with Gasteiger partial charge >= 0.3 is 0 Å². The number of para-hydroxylation sites is 1. The molecule has 9 heteroatoms. The maximum Gasteiger partial charge on any atom is 0.243 e. The smallest absolute Gasteiger partial charge is 0.243 e. The van der Waals surface area contributed by atoms with Crippen molar-refractivity contribution in [1.29, 1.82) is 0 Å². The van der Waals surface area contributed by atoms with Crippen molar-refractivity contribution in [1.82, 2.24) is 14.2 Å². The number of carbonyl (C=O) groups excluding carboxylic acids is 1. The van der Waals surface area contributed by atoms with Gasteiger partial charge in [-0.2, -0.15) is 4.31 Å². The van der Waals surface area contributed by atoms with Crippen LogP contribution in [-0.4, -0.2) is 68.2 Å². The topological polar surface area (TPSA) is 82.7 Å². The quantitative estimate of drug-likeness (QED) is 0.587. The van der Waals surface area contributed by atoms with Gasteiger partial charge in [0.1, 0.15) is 5.75 Å². The van der Waals surface area contributed by atoms with Gasteiger partial charge in [0.15, 0.2) is 5.78 Å². The maximum absolute atomic E-state index is 12.9. The number of carbonyl (C=O) groups is 1. The first-order valence-corrected chi connectivity index (χ1v) is 11.4. The zero-order valence-electron chi connectivity index (χ0n) is 16.5. The van der Waals surface area contributed by atoms with Gasteiger partial charge in [0.2, 0.25) is 10.0 Å². The molecule has 1 fully saturated rings. The summed E-state index contributed by atoms with van der Waals surface area (Å²) in [7, 11) is -2.18. The second-order valence-electron chi connectivity index (χ2n) is 7.15. The fourth-order valence-electron chi connectivity index (χ4n) is 3.68. The summed E-state index contributed by atoms with van der Waals surface area (Å²) in [6.07, 6.45) is 1.74. The van der Waals surface area contributed by atoms with E-state index in [0.717, 1.165) is 10.9 Å². The molecule has 1 N–H and O–H groups in total. The third kappa shape index (κ3) is 3.96. The molecule has 1 aliphatic heterocycles. The molecule has 0 saturated carbocycles. The van der Waals surface area contributed by atoms with Gasteiger partial charge < -0.3 is 9.72 Å². The highest BCUT2D eigenvalue weighted by molar-refractivity contribution is 7.89. The third-order valence-corrected chi connectivity index (χ3v) is 7.54. The number of H-pyrrole nitrogens is 1. The van der Waals surface area contributed by atoms with Crippen LogP contribution in [0.3, 0.4) is 0 Å². The van der Waals surface area contributed by atoms with Crippen molar-refractivity contribution in [2.45, 2.75) is 4.90 Å². The number of benzene rings is 2. The van der Waals surface area contributed by atoms with Crippen molar-refractivity contribution in [3.05, 3.63) is 59.2 Å². The van der Waals surface area contributed by atoms with Gasteiger partial charge in [-0.25, -0.2) is 8.42 Å². The second kappa shape index (κ2) is 8.39. The van der Waals surface area contributed by atoms with Gasteiger partial charge in [-0.1, -0.05) is 29.8 Å². The van der Waals surface area contributed by atoms with E-state index in [-0.39, 0.29) is 22.2 Å². The summed E-state index contributed by atoms with van der Waals surface area (Å²) in [4.78, 5) is 18.0. The number of ether oxygens (including phenoxy) is 1. The maximum atomic E-state index is 12.9. The van der Waals surface area contributed by atoms with E-state index >= 15 is 0 Å². The minimum absolute atomic E-state index is 0.0192. The van der Waals surface area contributed by atoms with Crippen LogP contribution in [0.25, 0.3) is 10.9 Å². The van der Waals surface area contributed by atoms with Crippen LogP contribution in [0.5, 0.6) is 5.75 Å². The molecule has 2 aromatic carbocycles. The summed E-state index contributed by atoms with van der Waals surface area (Å²) in [5.74, 6) is 0.446. The molecule has 1 aromatic heterocycles. The van der Waals surface area contributed by atoms with Gasteiger partial charge in [0.25, 0.3) is 0 Å². The first-order chi connectivity index (χ1) is 14.4. The predicted molar refractivity (Wildman–Crippen MR) is 116 cm³/mol. The van der Waals surface area contributed by atoms with Crippen molar-refractivity contribution in [3.63, 3.8) is 0 Å². The number of nitrogens with zero attached hydrogens (tertiary/aromatic N) is 2. The van der Waals surface area contributed by atoms with E-state index in [2.05, 4.69) is 4.98 Å². The van der Waals surface area contributed by atoms with E-state index in [9.17, 15) is 13.2 Å².